The van der Waals surface area contributed by atoms with E-state index in [9.17, 15) is 0 Å². The van der Waals surface area contributed by atoms with Crippen molar-refractivity contribution in [3.8, 4) is 11.5 Å². The van der Waals surface area contributed by atoms with Gasteiger partial charge in [0.25, 0.3) is 0 Å². The second-order valence-electron chi connectivity index (χ2n) is 9.74. The quantitative estimate of drug-likeness (QED) is 0.262. The highest BCUT2D eigenvalue weighted by atomic mass is 16.5. The van der Waals surface area contributed by atoms with Gasteiger partial charge < -0.3 is 9.47 Å². The minimum atomic E-state index is 0.129. The maximum atomic E-state index is 6.16. The number of hydrogen-bond acceptors (Lipinski definition) is 2. The molecule has 0 N–H and O–H groups in total. The van der Waals surface area contributed by atoms with E-state index in [2.05, 4.69) is 97.9 Å². The SMILES string of the molecule is Cc1ccc(OCc2cccc(COc3ccc(C4(c5ccccc5)CCCCC4)cc3)c2)cc1. The first-order valence-corrected chi connectivity index (χ1v) is 12.8. The van der Waals surface area contributed by atoms with Gasteiger partial charge >= 0.3 is 0 Å². The van der Waals surface area contributed by atoms with E-state index in [0.717, 1.165) is 22.6 Å². The van der Waals surface area contributed by atoms with Crippen molar-refractivity contribution in [1.82, 2.24) is 0 Å². The van der Waals surface area contributed by atoms with Crippen molar-refractivity contribution in [2.24, 2.45) is 0 Å². The predicted molar refractivity (Wildman–Crippen MR) is 143 cm³/mol. The summed E-state index contributed by atoms with van der Waals surface area (Å²) in [5, 5.41) is 0. The van der Waals surface area contributed by atoms with Crippen LogP contribution in [0.25, 0.3) is 0 Å². The third-order valence-electron chi connectivity index (χ3n) is 7.26. The zero-order valence-corrected chi connectivity index (χ0v) is 20.6. The first kappa shape index (κ1) is 23.2. The van der Waals surface area contributed by atoms with E-state index in [-0.39, 0.29) is 5.41 Å². The molecule has 4 aromatic carbocycles. The predicted octanol–water partition coefficient (Wildman–Crippen LogP) is 8.40. The van der Waals surface area contributed by atoms with Gasteiger partial charge in [-0.05, 0) is 72.4 Å². The molecule has 1 aliphatic carbocycles. The zero-order valence-electron chi connectivity index (χ0n) is 20.6. The molecule has 0 aromatic heterocycles. The van der Waals surface area contributed by atoms with Gasteiger partial charge in [-0.1, -0.05) is 97.6 Å². The molecule has 2 heteroatoms. The summed E-state index contributed by atoms with van der Waals surface area (Å²) in [6.45, 7) is 3.17. The monoisotopic (exact) mass is 462 g/mol. The average molecular weight is 463 g/mol. The molecule has 0 heterocycles. The molecular formula is C33H34O2. The van der Waals surface area contributed by atoms with Gasteiger partial charge in [-0.3, -0.25) is 0 Å². The Labute approximate surface area is 209 Å². The van der Waals surface area contributed by atoms with E-state index >= 15 is 0 Å². The molecule has 0 unspecified atom stereocenters. The number of ether oxygens (including phenoxy) is 2. The fourth-order valence-electron chi connectivity index (χ4n) is 5.30. The summed E-state index contributed by atoms with van der Waals surface area (Å²) in [7, 11) is 0. The fraction of sp³-hybridized carbons (Fsp3) is 0.273. The van der Waals surface area contributed by atoms with Crippen molar-refractivity contribution in [3.05, 3.63) is 131 Å². The van der Waals surface area contributed by atoms with E-state index in [1.54, 1.807) is 0 Å². The summed E-state index contributed by atoms with van der Waals surface area (Å²) in [5.74, 6) is 1.80. The number of rotatable bonds is 8. The Morgan fingerprint density at radius 2 is 1.11 bits per heavy atom. The molecule has 178 valence electrons. The molecule has 1 fully saturated rings. The first-order chi connectivity index (χ1) is 17.2. The van der Waals surface area contributed by atoms with Crippen molar-refractivity contribution in [3.63, 3.8) is 0 Å². The Morgan fingerprint density at radius 1 is 0.571 bits per heavy atom. The van der Waals surface area contributed by atoms with Crippen LogP contribution in [-0.4, -0.2) is 0 Å². The molecule has 5 rings (SSSR count). The summed E-state index contributed by atoms with van der Waals surface area (Å²) in [5.41, 5.74) is 6.50. The lowest BCUT2D eigenvalue weighted by atomic mass is 9.65. The van der Waals surface area contributed by atoms with E-state index in [1.807, 2.05) is 12.1 Å². The molecule has 0 atom stereocenters. The van der Waals surface area contributed by atoms with Crippen LogP contribution in [-0.2, 0) is 18.6 Å². The van der Waals surface area contributed by atoms with Crippen LogP contribution >= 0.6 is 0 Å². The minimum Gasteiger partial charge on any atom is -0.489 e. The van der Waals surface area contributed by atoms with E-state index in [4.69, 9.17) is 9.47 Å². The van der Waals surface area contributed by atoms with Crippen LogP contribution in [0.4, 0.5) is 0 Å². The molecule has 1 aliphatic rings. The Kier molecular flexibility index (Phi) is 7.18. The molecule has 1 saturated carbocycles. The summed E-state index contributed by atoms with van der Waals surface area (Å²) in [6, 6.07) is 36.5. The lowest BCUT2D eigenvalue weighted by molar-refractivity contribution is 0.299. The van der Waals surface area contributed by atoms with E-state index < -0.39 is 0 Å². The largest absolute Gasteiger partial charge is 0.489 e. The molecule has 0 radical (unpaired) electrons. The number of aryl methyl sites for hydroxylation is 1. The van der Waals surface area contributed by atoms with E-state index in [1.165, 1.54) is 48.8 Å². The summed E-state index contributed by atoms with van der Waals surface area (Å²) in [4.78, 5) is 0. The zero-order chi connectivity index (χ0) is 23.9. The summed E-state index contributed by atoms with van der Waals surface area (Å²) >= 11 is 0. The minimum absolute atomic E-state index is 0.129. The van der Waals surface area contributed by atoms with Gasteiger partial charge in [0.05, 0.1) is 0 Å². The third kappa shape index (κ3) is 5.59. The highest BCUT2D eigenvalue weighted by Gasteiger charge is 2.35. The molecule has 0 saturated heterocycles. The van der Waals surface area contributed by atoms with Gasteiger partial charge in [0.1, 0.15) is 24.7 Å². The van der Waals surface area contributed by atoms with Crippen LogP contribution in [0.3, 0.4) is 0 Å². The maximum Gasteiger partial charge on any atom is 0.119 e. The van der Waals surface area contributed by atoms with Crippen LogP contribution in [0, 0.1) is 6.92 Å². The Hall–Kier alpha value is -3.52. The van der Waals surface area contributed by atoms with Crippen molar-refractivity contribution >= 4 is 0 Å². The highest BCUT2D eigenvalue weighted by molar-refractivity contribution is 5.42. The second kappa shape index (κ2) is 10.8. The van der Waals surface area contributed by atoms with Gasteiger partial charge in [-0.2, -0.15) is 0 Å². The molecule has 0 spiro atoms. The highest BCUT2D eigenvalue weighted by Crippen LogP contribution is 2.45. The van der Waals surface area contributed by atoms with Crippen molar-refractivity contribution in [2.45, 2.75) is 57.7 Å². The van der Waals surface area contributed by atoms with Crippen molar-refractivity contribution in [1.29, 1.82) is 0 Å². The number of benzene rings is 4. The smallest absolute Gasteiger partial charge is 0.119 e. The molecular weight excluding hydrogens is 428 g/mol. The van der Waals surface area contributed by atoms with Crippen LogP contribution in [0.2, 0.25) is 0 Å². The van der Waals surface area contributed by atoms with Gasteiger partial charge in [-0.25, -0.2) is 0 Å². The molecule has 2 nitrogen and oxygen atoms in total. The molecule has 0 bridgehead atoms. The van der Waals surface area contributed by atoms with Gasteiger partial charge in [-0.15, -0.1) is 0 Å². The standard InChI is InChI=1S/C33H34O2/c1-26-13-17-31(18-14-26)34-24-27-9-8-10-28(23-27)25-35-32-19-15-30(16-20-32)33(21-6-3-7-22-33)29-11-4-2-5-12-29/h2,4-5,8-20,23H,3,6-7,21-22,24-25H2,1H3. The van der Waals surface area contributed by atoms with Crippen molar-refractivity contribution in [2.75, 3.05) is 0 Å². The summed E-state index contributed by atoms with van der Waals surface area (Å²) < 4.78 is 12.1. The van der Waals surface area contributed by atoms with Gasteiger partial charge in [0.15, 0.2) is 0 Å². The van der Waals surface area contributed by atoms with Crippen LogP contribution in [0.1, 0.15) is 59.9 Å². The fourth-order valence-corrected chi connectivity index (χ4v) is 5.30. The third-order valence-corrected chi connectivity index (χ3v) is 7.26. The van der Waals surface area contributed by atoms with Crippen LogP contribution < -0.4 is 9.47 Å². The van der Waals surface area contributed by atoms with Crippen molar-refractivity contribution < 1.29 is 9.47 Å². The molecule has 0 aliphatic heterocycles. The Bertz CT molecular complexity index is 1200. The lowest BCUT2D eigenvalue weighted by Crippen LogP contribution is -2.30. The Morgan fingerprint density at radius 3 is 1.71 bits per heavy atom. The second-order valence-corrected chi connectivity index (χ2v) is 9.74. The number of hydrogen-bond donors (Lipinski definition) is 0. The first-order valence-electron chi connectivity index (χ1n) is 12.8. The molecule has 0 amide bonds. The average Bonchev–Trinajstić information content (AvgIpc) is 2.93. The molecule has 4 aromatic rings. The van der Waals surface area contributed by atoms with Crippen LogP contribution in [0.5, 0.6) is 11.5 Å². The Balaban J connectivity index is 1.23. The topological polar surface area (TPSA) is 18.5 Å². The normalized spacial score (nSPS) is 14.9. The lowest BCUT2D eigenvalue weighted by Gasteiger charge is -2.38. The van der Waals surface area contributed by atoms with E-state index in [0.29, 0.717) is 13.2 Å². The van der Waals surface area contributed by atoms with Gasteiger partial charge in [0.2, 0.25) is 0 Å². The molecule has 35 heavy (non-hydrogen) atoms. The van der Waals surface area contributed by atoms with Gasteiger partial charge in [0, 0.05) is 5.41 Å². The van der Waals surface area contributed by atoms with Crippen LogP contribution in [0.15, 0.2) is 103 Å². The maximum absolute atomic E-state index is 6.16. The summed E-state index contributed by atoms with van der Waals surface area (Å²) in [6.07, 6.45) is 6.35.